The maximum Gasteiger partial charge on any atom is 0.264 e. The molecule has 5 nitrogen and oxygen atoms in total. The minimum absolute atomic E-state index is 0.0911. The van der Waals surface area contributed by atoms with Crippen LogP contribution in [-0.4, -0.2) is 30.7 Å². The molecular formula is C20H25N3O2S. The molecule has 2 rings (SSSR count). The van der Waals surface area contributed by atoms with E-state index in [2.05, 4.69) is 29.4 Å². The Hall–Kier alpha value is -2.60. The van der Waals surface area contributed by atoms with E-state index in [0.717, 1.165) is 30.0 Å². The molecule has 0 saturated carbocycles. The lowest BCUT2D eigenvalue weighted by Crippen LogP contribution is -2.37. The lowest BCUT2D eigenvalue weighted by molar-refractivity contribution is -0.121. The van der Waals surface area contributed by atoms with Gasteiger partial charge in [0, 0.05) is 24.5 Å². The molecule has 0 unspecified atom stereocenters. The van der Waals surface area contributed by atoms with E-state index in [4.69, 9.17) is 17.0 Å². The summed E-state index contributed by atoms with van der Waals surface area (Å²) in [6.07, 6.45) is 0. The summed E-state index contributed by atoms with van der Waals surface area (Å²) in [5.41, 5.74) is 3.06. The zero-order valence-electron chi connectivity index (χ0n) is 15.4. The maximum absolute atomic E-state index is 12.0. The first-order chi connectivity index (χ1) is 12.5. The average Bonchev–Trinajstić information content (AvgIpc) is 2.62. The predicted molar refractivity (Wildman–Crippen MR) is 111 cm³/mol. The Bertz CT molecular complexity index is 743. The SMILES string of the molecule is CCN(CC)c1ccc(NC(=S)NC(=O)COc2cccc(C)c2)cc1. The van der Waals surface area contributed by atoms with Crippen LogP contribution in [0.4, 0.5) is 11.4 Å². The van der Waals surface area contributed by atoms with Gasteiger partial charge in [-0.25, -0.2) is 0 Å². The minimum Gasteiger partial charge on any atom is -0.484 e. The van der Waals surface area contributed by atoms with Crippen LogP contribution in [0.15, 0.2) is 48.5 Å². The maximum atomic E-state index is 12.0. The van der Waals surface area contributed by atoms with Crippen LogP contribution in [0, 0.1) is 6.92 Å². The number of hydrogen-bond acceptors (Lipinski definition) is 4. The van der Waals surface area contributed by atoms with Gasteiger partial charge in [-0.05, 0) is 75.0 Å². The van der Waals surface area contributed by atoms with Crippen molar-refractivity contribution in [2.45, 2.75) is 20.8 Å². The summed E-state index contributed by atoms with van der Waals surface area (Å²) in [4.78, 5) is 14.2. The lowest BCUT2D eigenvalue weighted by atomic mass is 10.2. The van der Waals surface area contributed by atoms with Crippen LogP contribution in [0.2, 0.25) is 0 Å². The first-order valence-electron chi connectivity index (χ1n) is 8.67. The van der Waals surface area contributed by atoms with E-state index < -0.39 is 0 Å². The van der Waals surface area contributed by atoms with Crippen molar-refractivity contribution in [2.24, 2.45) is 0 Å². The third kappa shape index (κ3) is 6.04. The van der Waals surface area contributed by atoms with Crippen molar-refractivity contribution < 1.29 is 9.53 Å². The van der Waals surface area contributed by atoms with Crippen molar-refractivity contribution in [2.75, 3.05) is 29.9 Å². The van der Waals surface area contributed by atoms with Gasteiger partial charge in [-0.15, -0.1) is 0 Å². The fourth-order valence-electron chi connectivity index (χ4n) is 2.52. The number of nitrogens with one attached hydrogen (secondary N) is 2. The topological polar surface area (TPSA) is 53.6 Å². The van der Waals surface area contributed by atoms with Gasteiger partial charge in [0.1, 0.15) is 5.75 Å². The first-order valence-corrected chi connectivity index (χ1v) is 9.08. The van der Waals surface area contributed by atoms with Gasteiger partial charge in [-0.1, -0.05) is 12.1 Å². The molecule has 2 aromatic rings. The number of carbonyl (C=O) groups excluding carboxylic acids is 1. The summed E-state index contributed by atoms with van der Waals surface area (Å²) in [6, 6.07) is 15.5. The Morgan fingerprint density at radius 3 is 2.42 bits per heavy atom. The quantitative estimate of drug-likeness (QED) is 0.727. The first kappa shape index (κ1) is 19.7. The number of anilines is 2. The molecule has 0 bridgehead atoms. The van der Waals surface area contributed by atoms with Gasteiger partial charge in [0.2, 0.25) is 0 Å². The number of amides is 1. The molecule has 0 aliphatic heterocycles. The fraction of sp³-hybridized carbons (Fsp3) is 0.300. The molecule has 0 aromatic heterocycles. The van der Waals surface area contributed by atoms with E-state index in [0.29, 0.717) is 5.75 Å². The monoisotopic (exact) mass is 371 g/mol. The number of aryl methyl sites for hydroxylation is 1. The predicted octanol–water partition coefficient (Wildman–Crippen LogP) is 3.73. The fourth-order valence-corrected chi connectivity index (χ4v) is 2.76. The molecule has 1 amide bonds. The van der Waals surface area contributed by atoms with Crippen LogP contribution in [0.5, 0.6) is 5.75 Å². The Balaban J connectivity index is 1.81. The van der Waals surface area contributed by atoms with Gasteiger partial charge in [-0.3, -0.25) is 10.1 Å². The van der Waals surface area contributed by atoms with Crippen LogP contribution in [0.25, 0.3) is 0 Å². The highest BCUT2D eigenvalue weighted by Gasteiger charge is 2.07. The molecule has 0 radical (unpaired) electrons. The number of hydrogen-bond donors (Lipinski definition) is 2. The van der Waals surface area contributed by atoms with Crippen molar-refractivity contribution in [3.63, 3.8) is 0 Å². The zero-order chi connectivity index (χ0) is 18.9. The molecule has 0 saturated heterocycles. The molecule has 2 aromatic carbocycles. The van der Waals surface area contributed by atoms with Gasteiger partial charge < -0.3 is 15.0 Å². The Kier molecular flexibility index (Phi) is 7.41. The van der Waals surface area contributed by atoms with Crippen molar-refractivity contribution in [3.8, 4) is 5.75 Å². The largest absolute Gasteiger partial charge is 0.484 e. The van der Waals surface area contributed by atoms with Crippen LogP contribution < -0.4 is 20.3 Å². The van der Waals surface area contributed by atoms with Crippen LogP contribution in [0.1, 0.15) is 19.4 Å². The molecule has 2 N–H and O–H groups in total. The number of ether oxygens (including phenoxy) is 1. The molecule has 26 heavy (non-hydrogen) atoms. The van der Waals surface area contributed by atoms with E-state index in [1.807, 2.05) is 55.5 Å². The van der Waals surface area contributed by atoms with E-state index in [1.54, 1.807) is 0 Å². The number of rotatable bonds is 7. The number of benzene rings is 2. The second-order valence-corrected chi connectivity index (χ2v) is 6.23. The Labute approximate surface area is 160 Å². The molecule has 0 aliphatic rings. The summed E-state index contributed by atoms with van der Waals surface area (Å²) in [5, 5.41) is 5.88. The smallest absolute Gasteiger partial charge is 0.264 e. The van der Waals surface area contributed by atoms with Crippen molar-refractivity contribution >= 4 is 34.6 Å². The lowest BCUT2D eigenvalue weighted by Gasteiger charge is -2.21. The molecule has 0 heterocycles. The summed E-state index contributed by atoms with van der Waals surface area (Å²) in [7, 11) is 0. The second kappa shape index (κ2) is 9.77. The number of nitrogens with zero attached hydrogens (tertiary/aromatic N) is 1. The van der Waals surface area contributed by atoms with Gasteiger partial charge in [0.25, 0.3) is 5.91 Å². The molecule has 6 heteroatoms. The highest BCUT2D eigenvalue weighted by atomic mass is 32.1. The number of carbonyl (C=O) groups is 1. The zero-order valence-corrected chi connectivity index (χ0v) is 16.2. The van der Waals surface area contributed by atoms with E-state index >= 15 is 0 Å². The van der Waals surface area contributed by atoms with Crippen molar-refractivity contribution in [1.82, 2.24) is 5.32 Å². The third-order valence-corrected chi connectivity index (χ3v) is 4.07. The van der Waals surface area contributed by atoms with Crippen LogP contribution >= 0.6 is 12.2 Å². The average molecular weight is 372 g/mol. The van der Waals surface area contributed by atoms with Gasteiger partial charge in [0.15, 0.2) is 11.7 Å². The summed E-state index contributed by atoms with van der Waals surface area (Å²) >= 11 is 5.19. The van der Waals surface area contributed by atoms with Crippen molar-refractivity contribution in [3.05, 3.63) is 54.1 Å². The molecular weight excluding hydrogens is 346 g/mol. The summed E-state index contributed by atoms with van der Waals surface area (Å²) < 4.78 is 5.46. The van der Waals surface area contributed by atoms with E-state index in [9.17, 15) is 4.79 Å². The van der Waals surface area contributed by atoms with Crippen LogP contribution in [0.3, 0.4) is 0 Å². The molecule has 0 fully saturated rings. The third-order valence-electron chi connectivity index (χ3n) is 3.87. The Morgan fingerprint density at radius 2 is 1.81 bits per heavy atom. The molecule has 0 aliphatic carbocycles. The van der Waals surface area contributed by atoms with Crippen molar-refractivity contribution in [1.29, 1.82) is 0 Å². The van der Waals surface area contributed by atoms with Gasteiger partial charge in [0.05, 0.1) is 0 Å². The van der Waals surface area contributed by atoms with E-state index in [-0.39, 0.29) is 17.6 Å². The minimum atomic E-state index is -0.302. The summed E-state index contributed by atoms with van der Waals surface area (Å²) in [5.74, 6) is 0.356. The van der Waals surface area contributed by atoms with Gasteiger partial charge in [-0.2, -0.15) is 0 Å². The van der Waals surface area contributed by atoms with E-state index in [1.165, 1.54) is 0 Å². The van der Waals surface area contributed by atoms with Crippen LogP contribution in [-0.2, 0) is 4.79 Å². The second-order valence-electron chi connectivity index (χ2n) is 5.83. The Morgan fingerprint density at radius 1 is 1.12 bits per heavy atom. The summed E-state index contributed by atoms with van der Waals surface area (Å²) in [6.45, 7) is 8.04. The highest BCUT2D eigenvalue weighted by molar-refractivity contribution is 7.80. The highest BCUT2D eigenvalue weighted by Crippen LogP contribution is 2.17. The normalized spacial score (nSPS) is 10.1. The van der Waals surface area contributed by atoms with Gasteiger partial charge >= 0.3 is 0 Å². The molecule has 0 atom stereocenters. The molecule has 138 valence electrons. The standard InChI is InChI=1S/C20H25N3O2S/c1-4-23(5-2)17-11-9-16(10-12-17)21-20(26)22-19(24)14-25-18-8-6-7-15(3)13-18/h6-13H,4-5,14H2,1-3H3,(H2,21,22,24,26). The number of thiocarbonyl (C=S) groups is 1. The molecule has 0 spiro atoms.